The monoisotopic (exact) mass is 242 g/mol. The average molecular weight is 242 g/mol. The summed E-state index contributed by atoms with van der Waals surface area (Å²) < 4.78 is 0. The van der Waals surface area contributed by atoms with Gasteiger partial charge in [-0.3, -0.25) is 4.98 Å². The van der Waals surface area contributed by atoms with Crippen molar-refractivity contribution in [2.75, 3.05) is 6.54 Å². The number of hydrogen-bond acceptors (Lipinski definition) is 2. The molecule has 1 saturated heterocycles. The number of aromatic nitrogens is 1. The fourth-order valence-electron chi connectivity index (χ4n) is 5.07. The Hall–Kier alpha value is -0.890. The zero-order chi connectivity index (χ0) is 12.2. The van der Waals surface area contributed by atoms with E-state index < -0.39 is 0 Å². The lowest BCUT2D eigenvalue weighted by atomic mass is 9.54. The molecule has 1 N–H and O–H groups in total. The van der Waals surface area contributed by atoms with Crippen LogP contribution in [0.3, 0.4) is 0 Å². The van der Waals surface area contributed by atoms with Crippen LogP contribution in [-0.2, 0) is 12.0 Å². The molecule has 3 aliphatic rings. The zero-order valence-electron chi connectivity index (χ0n) is 11.2. The van der Waals surface area contributed by atoms with Gasteiger partial charge in [-0.1, -0.05) is 13.0 Å². The summed E-state index contributed by atoms with van der Waals surface area (Å²) in [6, 6.07) is 4.46. The fourth-order valence-corrected chi connectivity index (χ4v) is 5.07. The first-order valence-electron chi connectivity index (χ1n) is 7.49. The maximum atomic E-state index is 4.67. The summed E-state index contributed by atoms with van der Waals surface area (Å²) in [6.45, 7) is 3.62. The third-order valence-corrected chi connectivity index (χ3v) is 5.54. The number of nitrogens with zero attached hydrogens (tertiary/aromatic N) is 1. The largest absolute Gasteiger partial charge is 0.307 e. The molecule has 4 atom stereocenters. The molecule has 0 aromatic carbocycles. The zero-order valence-corrected chi connectivity index (χ0v) is 11.2. The highest BCUT2D eigenvalue weighted by Gasteiger charge is 2.53. The van der Waals surface area contributed by atoms with Crippen molar-refractivity contribution in [2.45, 2.75) is 44.6 Å². The lowest BCUT2D eigenvalue weighted by molar-refractivity contribution is 0.00805. The van der Waals surface area contributed by atoms with Gasteiger partial charge in [0.2, 0.25) is 0 Å². The summed E-state index contributed by atoms with van der Waals surface area (Å²) in [5.74, 6) is 2.58. The fraction of sp³-hybridized carbons (Fsp3) is 0.688. The Morgan fingerprint density at radius 1 is 1.44 bits per heavy atom. The van der Waals surface area contributed by atoms with Crippen molar-refractivity contribution in [2.24, 2.45) is 17.8 Å². The molecule has 2 heteroatoms. The Bertz CT molecular complexity index is 470. The summed E-state index contributed by atoms with van der Waals surface area (Å²) in [5.41, 5.74) is 3.17. The molecular formula is C16H22N2. The standard InChI is InChI=1S/C16H22N2/c1-11-8-12-9-15-14(5-2-6-17-15)16(10-11)13(12)4-3-7-18-16/h2,5-6,11-13,18H,3-4,7-10H2,1H3/t11-,12+,13-,16-/m0/s1. The summed E-state index contributed by atoms with van der Waals surface area (Å²) >= 11 is 0. The minimum absolute atomic E-state index is 0.266. The lowest BCUT2D eigenvalue weighted by Crippen LogP contribution is -2.60. The molecule has 2 fully saturated rings. The van der Waals surface area contributed by atoms with Gasteiger partial charge in [0.15, 0.2) is 0 Å². The van der Waals surface area contributed by atoms with E-state index in [1.54, 1.807) is 0 Å². The van der Waals surface area contributed by atoms with E-state index >= 15 is 0 Å². The van der Waals surface area contributed by atoms with Crippen molar-refractivity contribution in [3.8, 4) is 0 Å². The highest BCUT2D eigenvalue weighted by Crippen LogP contribution is 2.54. The SMILES string of the molecule is C[C@H]1C[C@@H]2Cc3ncccc3[C@@]3(C1)NCCC[C@@H]23. The van der Waals surface area contributed by atoms with Crippen molar-refractivity contribution in [1.82, 2.24) is 10.3 Å². The molecule has 18 heavy (non-hydrogen) atoms. The predicted octanol–water partition coefficient (Wildman–Crippen LogP) is 2.88. The number of rotatable bonds is 0. The van der Waals surface area contributed by atoms with E-state index in [0.29, 0.717) is 0 Å². The van der Waals surface area contributed by atoms with E-state index in [1.807, 2.05) is 6.20 Å². The van der Waals surface area contributed by atoms with Crippen LogP contribution in [0.1, 0.15) is 43.9 Å². The first-order valence-corrected chi connectivity index (χ1v) is 7.49. The quantitative estimate of drug-likeness (QED) is 0.756. The van der Waals surface area contributed by atoms with E-state index in [4.69, 9.17) is 0 Å². The highest BCUT2D eigenvalue weighted by atomic mass is 15.0. The Morgan fingerprint density at radius 2 is 2.39 bits per heavy atom. The van der Waals surface area contributed by atoms with Crippen LogP contribution in [0.15, 0.2) is 18.3 Å². The van der Waals surface area contributed by atoms with Gasteiger partial charge in [0, 0.05) is 17.4 Å². The van der Waals surface area contributed by atoms with Gasteiger partial charge in [-0.25, -0.2) is 0 Å². The van der Waals surface area contributed by atoms with Crippen LogP contribution in [0.2, 0.25) is 0 Å². The number of pyridine rings is 1. The predicted molar refractivity (Wildman–Crippen MR) is 72.2 cm³/mol. The second-order valence-electron chi connectivity index (χ2n) is 6.65. The highest BCUT2D eigenvalue weighted by molar-refractivity contribution is 5.35. The number of hydrogen-bond donors (Lipinski definition) is 1. The molecule has 0 spiro atoms. The number of piperidine rings is 1. The van der Waals surface area contributed by atoms with Crippen LogP contribution < -0.4 is 5.32 Å². The molecule has 0 amide bonds. The number of nitrogens with one attached hydrogen (secondary N) is 1. The van der Waals surface area contributed by atoms with Gasteiger partial charge in [0.05, 0.1) is 0 Å². The first kappa shape index (κ1) is 11.0. The molecule has 1 aromatic rings. The Kier molecular flexibility index (Phi) is 2.32. The Labute approximate surface area is 109 Å². The van der Waals surface area contributed by atoms with Crippen molar-refractivity contribution in [3.05, 3.63) is 29.6 Å². The van der Waals surface area contributed by atoms with E-state index in [-0.39, 0.29) is 5.54 Å². The lowest BCUT2D eigenvalue weighted by Gasteiger charge is -2.57. The van der Waals surface area contributed by atoms with Crippen molar-refractivity contribution < 1.29 is 0 Å². The first-order chi connectivity index (χ1) is 8.79. The van der Waals surface area contributed by atoms with Crippen LogP contribution in [0.25, 0.3) is 0 Å². The molecule has 4 rings (SSSR count). The van der Waals surface area contributed by atoms with Crippen LogP contribution in [-0.4, -0.2) is 11.5 Å². The smallest absolute Gasteiger partial charge is 0.0486 e. The van der Waals surface area contributed by atoms with Gasteiger partial charge in [0.1, 0.15) is 0 Å². The molecule has 2 aliphatic carbocycles. The second-order valence-corrected chi connectivity index (χ2v) is 6.65. The average Bonchev–Trinajstić information content (AvgIpc) is 2.38. The molecule has 96 valence electrons. The Balaban J connectivity index is 1.90. The molecule has 0 radical (unpaired) electrons. The topological polar surface area (TPSA) is 24.9 Å². The van der Waals surface area contributed by atoms with Crippen molar-refractivity contribution >= 4 is 0 Å². The molecule has 2 heterocycles. The van der Waals surface area contributed by atoms with Gasteiger partial charge in [-0.05, 0) is 68.0 Å². The Morgan fingerprint density at radius 3 is 3.33 bits per heavy atom. The van der Waals surface area contributed by atoms with Gasteiger partial charge in [-0.15, -0.1) is 0 Å². The summed E-state index contributed by atoms with van der Waals surface area (Å²) in [4.78, 5) is 4.67. The maximum absolute atomic E-state index is 4.67. The van der Waals surface area contributed by atoms with E-state index in [9.17, 15) is 0 Å². The van der Waals surface area contributed by atoms with Crippen molar-refractivity contribution in [1.29, 1.82) is 0 Å². The number of fused-ring (bicyclic) bond motifs is 1. The molecule has 1 aliphatic heterocycles. The summed E-state index contributed by atoms with van der Waals surface area (Å²) in [7, 11) is 0. The van der Waals surface area contributed by atoms with E-state index in [0.717, 1.165) is 17.8 Å². The maximum Gasteiger partial charge on any atom is 0.0486 e. The van der Waals surface area contributed by atoms with Crippen LogP contribution >= 0.6 is 0 Å². The second kappa shape index (κ2) is 3.80. The molecule has 2 bridgehead atoms. The van der Waals surface area contributed by atoms with Crippen LogP contribution in [0.4, 0.5) is 0 Å². The van der Waals surface area contributed by atoms with Gasteiger partial charge >= 0.3 is 0 Å². The van der Waals surface area contributed by atoms with Crippen LogP contribution in [0.5, 0.6) is 0 Å². The van der Waals surface area contributed by atoms with Crippen molar-refractivity contribution in [3.63, 3.8) is 0 Å². The summed E-state index contributed by atoms with van der Waals surface area (Å²) in [6.07, 6.45) is 8.68. The minimum Gasteiger partial charge on any atom is -0.307 e. The molecule has 1 aromatic heterocycles. The molecular weight excluding hydrogens is 220 g/mol. The third kappa shape index (κ3) is 1.36. The van der Waals surface area contributed by atoms with Gasteiger partial charge < -0.3 is 5.32 Å². The molecule has 0 unspecified atom stereocenters. The van der Waals surface area contributed by atoms with E-state index in [2.05, 4.69) is 29.4 Å². The van der Waals surface area contributed by atoms with Crippen LogP contribution in [0, 0.1) is 17.8 Å². The molecule has 1 saturated carbocycles. The minimum atomic E-state index is 0.266. The summed E-state index contributed by atoms with van der Waals surface area (Å²) in [5, 5.41) is 3.91. The molecule has 2 nitrogen and oxygen atoms in total. The van der Waals surface area contributed by atoms with Gasteiger partial charge in [0.25, 0.3) is 0 Å². The normalized spacial score (nSPS) is 41.9. The van der Waals surface area contributed by atoms with E-state index in [1.165, 1.54) is 49.9 Å². The third-order valence-electron chi connectivity index (χ3n) is 5.54. The van der Waals surface area contributed by atoms with Gasteiger partial charge in [-0.2, -0.15) is 0 Å².